The van der Waals surface area contributed by atoms with Crippen LogP contribution in [0.2, 0.25) is 0 Å². The zero-order valence-electron chi connectivity index (χ0n) is 17.6. The second kappa shape index (κ2) is 17.1. The minimum Gasteiger partial charge on any atom is -0.457 e. The Labute approximate surface area is 166 Å². The van der Waals surface area contributed by atoms with Gasteiger partial charge in [0.25, 0.3) is 0 Å². The average Bonchev–Trinajstić information content (AvgIpc) is 2.64. The maximum Gasteiger partial charge on any atom is 0.417 e. The average molecular weight is 383 g/mol. The van der Waals surface area contributed by atoms with E-state index < -0.39 is 11.9 Å². The molecule has 0 aromatic heterocycles. The first-order valence-electron chi connectivity index (χ1n) is 11.6. The molecule has 1 rings (SSSR count). The van der Waals surface area contributed by atoms with Gasteiger partial charge in [0.05, 0.1) is 6.61 Å². The van der Waals surface area contributed by atoms with E-state index in [1.807, 2.05) is 0 Å². The van der Waals surface area contributed by atoms with E-state index in [4.69, 9.17) is 9.47 Å². The van der Waals surface area contributed by atoms with Crippen LogP contribution < -0.4 is 0 Å². The van der Waals surface area contributed by atoms with Crippen LogP contribution in [0.15, 0.2) is 0 Å². The third-order valence-electron chi connectivity index (χ3n) is 5.47. The van der Waals surface area contributed by atoms with Crippen molar-refractivity contribution >= 4 is 11.9 Å². The van der Waals surface area contributed by atoms with Crippen LogP contribution in [-0.4, -0.2) is 24.6 Å². The van der Waals surface area contributed by atoms with Crippen molar-refractivity contribution in [2.45, 2.75) is 129 Å². The number of hydrogen-bond donors (Lipinski definition) is 0. The summed E-state index contributed by atoms with van der Waals surface area (Å²) in [4.78, 5) is 22.9. The number of carbonyl (C=O) groups excluding carboxylic acids is 2. The van der Waals surface area contributed by atoms with E-state index in [1.165, 1.54) is 83.5 Å². The van der Waals surface area contributed by atoms with Gasteiger partial charge in [-0.2, -0.15) is 0 Å². The van der Waals surface area contributed by atoms with Gasteiger partial charge in [0, 0.05) is 0 Å². The Kier molecular flexibility index (Phi) is 15.2. The fourth-order valence-electron chi connectivity index (χ4n) is 3.39. The van der Waals surface area contributed by atoms with Crippen LogP contribution in [0, 0.1) is 0 Å². The molecule has 0 unspecified atom stereocenters. The standard InChI is InChI=1S/C23H42O4/c1-2-3-4-5-6-7-8-9-10-11-12-13-14-15-16-20-26-22(24)23(25)27-21-18-17-19-21/h21H,2-20H2,1H3. The minimum absolute atomic E-state index is 0.0594. The Hall–Kier alpha value is -1.06. The number of carbonyl (C=O) groups is 2. The first-order chi connectivity index (χ1) is 13.2. The fourth-order valence-corrected chi connectivity index (χ4v) is 3.39. The monoisotopic (exact) mass is 382 g/mol. The maximum atomic E-state index is 11.5. The highest BCUT2D eigenvalue weighted by atomic mass is 16.6. The van der Waals surface area contributed by atoms with Gasteiger partial charge in [0.15, 0.2) is 0 Å². The molecule has 4 heteroatoms. The Balaban J connectivity index is 1.74. The Bertz CT molecular complexity index is 377. The zero-order chi connectivity index (χ0) is 19.6. The molecule has 0 saturated heterocycles. The summed E-state index contributed by atoms with van der Waals surface area (Å²) in [5.74, 6) is -1.65. The van der Waals surface area contributed by atoms with Crippen molar-refractivity contribution < 1.29 is 19.1 Å². The molecule has 0 radical (unpaired) electrons. The molecule has 0 amide bonds. The molecule has 0 atom stereocenters. The summed E-state index contributed by atoms with van der Waals surface area (Å²) < 4.78 is 9.99. The Morgan fingerprint density at radius 3 is 1.52 bits per heavy atom. The summed E-state index contributed by atoms with van der Waals surface area (Å²) in [7, 11) is 0. The minimum atomic E-state index is -0.827. The highest BCUT2D eigenvalue weighted by molar-refractivity contribution is 6.29. The van der Waals surface area contributed by atoms with Gasteiger partial charge in [-0.15, -0.1) is 0 Å². The first kappa shape index (κ1) is 24.0. The summed E-state index contributed by atoms with van der Waals surface area (Å²) in [6.45, 7) is 2.60. The van der Waals surface area contributed by atoms with Crippen LogP contribution in [0.1, 0.15) is 122 Å². The highest BCUT2D eigenvalue weighted by Gasteiger charge is 2.26. The zero-order valence-corrected chi connectivity index (χ0v) is 17.6. The van der Waals surface area contributed by atoms with Gasteiger partial charge < -0.3 is 9.47 Å². The molecule has 1 aliphatic carbocycles. The highest BCUT2D eigenvalue weighted by Crippen LogP contribution is 2.22. The van der Waals surface area contributed by atoms with Crippen LogP contribution in [-0.2, 0) is 19.1 Å². The van der Waals surface area contributed by atoms with E-state index in [9.17, 15) is 9.59 Å². The molecule has 158 valence electrons. The second-order valence-corrected chi connectivity index (χ2v) is 8.04. The summed E-state index contributed by atoms with van der Waals surface area (Å²) in [5.41, 5.74) is 0. The molecule has 0 aliphatic heterocycles. The Morgan fingerprint density at radius 1 is 0.667 bits per heavy atom. The van der Waals surface area contributed by atoms with E-state index in [0.29, 0.717) is 6.61 Å². The lowest BCUT2D eigenvalue weighted by molar-refractivity contribution is -0.173. The van der Waals surface area contributed by atoms with E-state index in [-0.39, 0.29) is 6.10 Å². The fraction of sp³-hybridized carbons (Fsp3) is 0.913. The second-order valence-electron chi connectivity index (χ2n) is 8.04. The molecule has 0 spiro atoms. The van der Waals surface area contributed by atoms with Crippen molar-refractivity contribution in [3.8, 4) is 0 Å². The smallest absolute Gasteiger partial charge is 0.417 e. The molecule has 0 heterocycles. The number of rotatable bonds is 17. The number of hydrogen-bond acceptors (Lipinski definition) is 4. The van der Waals surface area contributed by atoms with E-state index in [1.54, 1.807) is 0 Å². The lowest BCUT2D eigenvalue weighted by Gasteiger charge is -2.24. The molecular weight excluding hydrogens is 340 g/mol. The van der Waals surface area contributed by atoms with Gasteiger partial charge in [-0.3, -0.25) is 0 Å². The van der Waals surface area contributed by atoms with Crippen molar-refractivity contribution in [1.82, 2.24) is 0 Å². The van der Waals surface area contributed by atoms with E-state index in [0.717, 1.165) is 32.1 Å². The van der Waals surface area contributed by atoms with Crippen LogP contribution in [0.25, 0.3) is 0 Å². The maximum absolute atomic E-state index is 11.5. The van der Waals surface area contributed by atoms with Gasteiger partial charge in [0.1, 0.15) is 6.10 Å². The van der Waals surface area contributed by atoms with Gasteiger partial charge in [-0.25, -0.2) is 9.59 Å². The van der Waals surface area contributed by atoms with E-state index >= 15 is 0 Å². The van der Waals surface area contributed by atoms with Crippen LogP contribution in [0.3, 0.4) is 0 Å². The van der Waals surface area contributed by atoms with Gasteiger partial charge in [0.2, 0.25) is 0 Å². The van der Waals surface area contributed by atoms with Crippen LogP contribution in [0.5, 0.6) is 0 Å². The first-order valence-corrected chi connectivity index (χ1v) is 11.6. The molecule has 1 fully saturated rings. The molecule has 27 heavy (non-hydrogen) atoms. The summed E-state index contributed by atoms with van der Waals surface area (Å²) >= 11 is 0. The van der Waals surface area contributed by atoms with Gasteiger partial charge in [-0.1, -0.05) is 96.8 Å². The molecule has 0 aromatic rings. The molecule has 1 saturated carbocycles. The molecule has 0 aromatic carbocycles. The topological polar surface area (TPSA) is 52.6 Å². The molecular formula is C23H42O4. The molecule has 4 nitrogen and oxygen atoms in total. The number of esters is 2. The lowest BCUT2D eigenvalue weighted by atomic mass is 9.96. The van der Waals surface area contributed by atoms with Crippen molar-refractivity contribution in [2.24, 2.45) is 0 Å². The third-order valence-corrected chi connectivity index (χ3v) is 5.47. The van der Waals surface area contributed by atoms with Crippen molar-refractivity contribution in [3.63, 3.8) is 0 Å². The van der Waals surface area contributed by atoms with Crippen LogP contribution in [0.4, 0.5) is 0 Å². The van der Waals surface area contributed by atoms with Crippen molar-refractivity contribution in [2.75, 3.05) is 6.61 Å². The Morgan fingerprint density at radius 2 is 1.11 bits per heavy atom. The summed E-state index contributed by atoms with van der Waals surface area (Å²) in [6.07, 6.45) is 22.3. The molecule has 1 aliphatic rings. The van der Waals surface area contributed by atoms with Gasteiger partial charge >= 0.3 is 11.9 Å². The largest absolute Gasteiger partial charge is 0.457 e. The van der Waals surface area contributed by atoms with Gasteiger partial charge in [-0.05, 0) is 25.7 Å². The summed E-state index contributed by atoms with van der Waals surface area (Å²) in [5, 5.41) is 0. The number of unbranched alkanes of at least 4 members (excludes halogenated alkanes) is 14. The number of ether oxygens (including phenoxy) is 2. The van der Waals surface area contributed by atoms with Crippen molar-refractivity contribution in [1.29, 1.82) is 0 Å². The normalized spacial score (nSPS) is 14.0. The van der Waals surface area contributed by atoms with E-state index in [2.05, 4.69) is 6.92 Å². The van der Waals surface area contributed by atoms with Crippen LogP contribution >= 0.6 is 0 Å². The van der Waals surface area contributed by atoms with Crippen molar-refractivity contribution in [3.05, 3.63) is 0 Å². The SMILES string of the molecule is CCCCCCCCCCCCCCCCCOC(=O)C(=O)OC1CCC1. The lowest BCUT2D eigenvalue weighted by Crippen LogP contribution is -2.30. The molecule has 0 N–H and O–H groups in total. The molecule has 0 bridgehead atoms. The predicted molar refractivity (Wildman–Crippen MR) is 110 cm³/mol. The predicted octanol–water partition coefficient (Wildman–Crippen LogP) is 6.50. The summed E-state index contributed by atoms with van der Waals surface area (Å²) in [6, 6.07) is 0. The third kappa shape index (κ3) is 13.7. The quantitative estimate of drug-likeness (QED) is 0.164.